The SMILES string of the molecule is Cc1nc(-c2cccnc2)sc1N(C)C(=O)C(COCc1ccccc1)N=NC(=O)OC(C=N)(CN=[N+]=[N-])CN=[N+]=[N-]. The van der Waals surface area contributed by atoms with E-state index in [1.165, 1.54) is 16.2 Å². The first-order valence-electron chi connectivity index (χ1n) is 12.3. The number of ether oxygens (including phenoxy) is 2. The second-order valence-electron chi connectivity index (χ2n) is 8.64. The highest BCUT2D eigenvalue weighted by Crippen LogP contribution is 2.34. The average molecular weight is 591 g/mol. The fraction of sp³-hybridized carbons (Fsp3) is 0.320. The number of rotatable bonds is 14. The van der Waals surface area contributed by atoms with Crippen molar-refractivity contribution < 1.29 is 19.1 Å². The molecule has 1 atom stereocenters. The van der Waals surface area contributed by atoms with Crippen molar-refractivity contribution >= 4 is 34.6 Å². The molecule has 1 aromatic carbocycles. The van der Waals surface area contributed by atoms with E-state index in [1.807, 2.05) is 36.4 Å². The molecule has 42 heavy (non-hydrogen) atoms. The van der Waals surface area contributed by atoms with Crippen molar-refractivity contribution in [2.45, 2.75) is 25.2 Å². The Morgan fingerprint density at radius 2 is 1.88 bits per heavy atom. The van der Waals surface area contributed by atoms with Gasteiger partial charge in [-0.1, -0.05) is 57.0 Å². The highest BCUT2D eigenvalue weighted by atomic mass is 32.1. The van der Waals surface area contributed by atoms with Gasteiger partial charge in [0.1, 0.15) is 10.0 Å². The molecule has 3 rings (SSSR count). The molecule has 0 saturated carbocycles. The summed E-state index contributed by atoms with van der Waals surface area (Å²) < 4.78 is 10.9. The molecule has 0 saturated heterocycles. The molecule has 0 bridgehead atoms. The van der Waals surface area contributed by atoms with E-state index >= 15 is 0 Å². The second-order valence-corrected chi connectivity index (χ2v) is 9.61. The number of carbonyl (C=O) groups excluding carboxylic acids is 2. The number of anilines is 1. The Labute approximate surface area is 243 Å². The molecule has 17 heteroatoms. The Hall–Kier alpha value is -5.21. The minimum absolute atomic E-state index is 0.175. The highest BCUT2D eigenvalue weighted by Gasteiger charge is 2.32. The van der Waals surface area contributed by atoms with Crippen molar-refractivity contribution in [1.29, 1.82) is 5.41 Å². The molecule has 0 radical (unpaired) electrons. The van der Waals surface area contributed by atoms with Crippen molar-refractivity contribution in [2.24, 2.45) is 20.5 Å². The standard InChI is InChI=1S/C25H26N12O4S/c1-17-23(42-21(32-17)19-9-6-10-29-11-19)37(2)22(38)20(13-40-12-18-7-4-3-5-8-18)33-34-24(39)41-25(14-26,15-30-35-27)16-31-36-28/h3-11,14,20,26H,12-13,15-16H2,1-2H3. The summed E-state index contributed by atoms with van der Waals surface area (Å²) in [6.07, 6.45) is 2.68. The molecule has 0 aliphatic carbocycles. The number of benzene rings is 1. The molecule has 2 aromatic heterocycles. The van der Waals surface area contributed by atoms with Crippen LogP contribution in [0, 0.1) is 12.3 Å². The fourth-order valence-corrected chi connectivity index (χ4v) is 4.53. The van der Waals surface area contributed by atoms with Crippen LogP contribution in [-0.2, 0) is 20.9 Å². The van der Waals surface area contributed by atoms with Crippen LogP contribution in [0.5, 0.6) is 0 Å². The number of hydrogen-bond donors (Lipinski definition) is 1. The van der Waals surface area contributed by atoms with Gasteiger partial charge in [-0.15, -0.1) is 0 Å². The van der Waals surface area contributed by atoms with E-state index in [2.05, 4.69) is 40.2 Å². The van der Waals surface area contributed by atoms with Gasteiger partial charge in [-0.25, -0.2) is 9.78 Å². The van der Waals surface area contributed by atoms with Gasteiger partial charge in [-0.05, 0) is 35.7 Å². The smallest absolute Gasteiger partial charge is 0.434 e. The Bertz CT molecular complexity index is 1480. The third-order valence-electron chi connectivity index (χ3n) is 5.62. The molecule has 0 spiro atoms. The van der Waals surface area contributed by atoms with Gasteiger partial charge in [0.05, 0.1) is 32.0 Å². The number of nitrogens with zero attached hydrogens (tertiary/aromatic N) is 11. The molecule has 2 heterocycles. The predicted molar refractivity (Wildman–Crippen MR) is 154 cm³/mol. The number of hydrogen-bond acceptors (Lipinski definition) is 11. The van der Waals surface area contributed by atoms with Gasteiger partial charge in [-0.3, -0.25) is 9.78 Å². The zero-order valence-electron chi connectivity index (χ0n) is 22.6. The molecule has 1 unspecified atom stereocenters. The number of thiazole rings is 1. The van der Waals surface area contributed by atoms with Gasteiger partial charge < -0.3 is 19.8 Å². The van der Waals surface area contributed by atoms with Crippen LogP contribution in [0.1, 0.15) is 11.3 Å². The molecule has 0 aliphatic heterocycles. The third-order valence-corrected chi connectivity index (χ3v) is 6.91. The molecule has 2 amide bonds. The number of likely N-dealkylation sites (N-methyl/N-ethyl adjacent to an activating group) is 1. The molecule has 16 nitrogen and oxygen atoms in total. The molecular weight excluding hydrogens is 564 g/mol. The van der Waals surface area contributed by atoms with Crippen LogP contribution < -0.4 is 4.90 Å². The van der Waals surface area contributed by atoms with Crippen LogP contribution in [0.4, 0.5) is 9.80 Å². The Balaban J connectivity index is 1.83. The molecule has 3 aromatic rings. The lowest BCUT2D eigenvalue weighted by atomic mass is 10.1. The van der Waals surface area contributed by atoms with E-state index in [9.17, 15) is 9.59 Å². The summed E-state index contributed by atoms with van der Waals surface area (Å²) >= 11 is 1.28. The maximum Gasteiger partial charge on any atom is 0.453 e. The summed E-state index contributed by atoms with van der Waals surface area (Å²) in [5.74, 6) is -0.537. The molecule has 1 N–H and O–H groups in total. The molecular formula is C25H26N12O4S. The molecule has 0 aliphatic rings. The van der Waals surface area contributed by atoms with Crippen molar-refractivity contribution in [3.05, 3.63) is 87.0 Å². The van der Waals surface area contributed by atoms with Crippen molar-refractivity contribution in [3.8, 4) is 10.6 Å². The van der Waals surface area contributed by atoms with Gasteiger partial charge in [0.2, 0.25) is 0 Å². The Morgan fingerprint density at radius 3 is 2.50 bits per heavy atom. The number of azide groups is 2. The molecule has 216 valence electrons. The Morgan fingerprint density at radius 1 is 1.17 bits per heavy atom. The van der Waals surface area contributed by atoms with Crippen LogP contribution in [0.2, 0.25) is 0 Å². The van der Waals surface area contributed by atoms with Gasteiger partial charge in [-0.2, -0.15) is 5.11 Å². The van der Waals surface area contributed by atoms with Crippen LogP contribution in [0.3, 0.4) is 0 Å². The minimum atomic E-state index is -1.88. The summed E-state index contributed by atoms with van der Waals surface area (Å²) in [5.41, 5.74) is 17.7. The van der Waals surface area contributed by atoms with Crippen molar-refractivity contribution in [3.63, 3.8) is 0 Å². The van der Waals surface area contributed by atoms with E-state index in [-0.39, 0.29) is 13.2 Å². The summed E-state index contributed by atoms with van der Waals surface area (Å²) in [4.78, 5) is 41.4. The fourth-order valence-electron chi connectivity index (χ4n) is 3.50. The summed E-state index contributed by atoms with van der Waals surface area (Å²) in [5, 5.41) is 22.9. The lowest BCUT2D eigenvalue weighted by Gasteiger charge is -2.24. The maximum atomic E-state index is 13.6. The highest BCUT2D eigenvalue weighted by molar-refractivity contribution is 7.19. The van der Waals surface area contributed by atoms with Gasteiger partial charge in [0.15, 0.2) is 11.6 Å². The van der Waals surface area contributed by atoms with Gasteiger partial charge >= 0.3 is 6.09 Å². The number of aromatic nitrogens is 2. The van der Waals surface area contributed by atoms with Crippen LogP contribution in [0.25, 0.3) is 31.5 Å². The lowest BCUT2D eigenvalue weighted by Crippen LogP contribution is -2.42. The number of azo groups is 1. The van der Waals surface area contributed by atoms with Crippen molar-refractivity contribution in [2.75, 3.05) is 31.6 Å². The van der Waals surface area contributed by atoms with E-state index < -0.39 is 36.7 Å². The maximum absolute atomic E-state index is 13.6. The minimum Gasteiger partial charge on any atom is -0.434 e. The van der Waals surface area contributed by atoms with E-state index in [4.69, 9.17) is 25.9 Å². The van der Waals surface area contributed by atoms with Gasteiger partial charge in [0.25, 0.3) is 5.91 Å². The predicted octanol–water partition coefficient (Wildman–Crippen LogP) is 5.66. The number of nitrogens with one attached hydrogen (secondary N) is 1. The first kappa shape index (κ1) is 31.3. The lowest BCUT2D eigenvalue weighted by molar-refractivity contribution is -0.121. The normalized spacial score (nSPS) is 12.8. The first-order valence-corrected chi connectivity index (χ1v) is 13.1. The largest absolute Gasteiger partial charge is 0.453 e. The Kier molecular flexibility index (Phi) is 11.6. The van der Waals surface area contributed by atoms with Crippen molar-refractivity contribution in [1.82, 2.24) is 9.97 Å². The quantitative estimate of drug-likeness (QED) is 0.108. The number of amides is 2. The van der Waals surface area contributed by atoms with Crippen LogP contribution >= 0.6 is 11.3 Å². The summed E-state index contributed by atoms with van der Waals surface area (Å²) in [6, 6.07) is 11.6. The average Bonchev–Trinajstić information content (AvgIpc) is 3.41. The summed E-state index contributed by atoms with van der Waals surface area (Å²) in [7, 11) is 1.55. The van der Waals surface area contributed by atoms with Crippen LogP contribution in [0.15, 0.2) is 75.3 Å². The van der Waals surface area contributed by atoms with E-state index in [0.717, 1.165) is 11.1 Å². The summed E-state index contributed by atoms with van der Waals surface area (Å²) in [6.45, 7) is 0.661. The topological polar surface area (TPSA) is 228 Å². The molecule has 0 fully saturated rings. The second kappa shape index (κ2) is 15.5. The number of carbonyl (C=O) groups is 2. The number of aryl methyl sites for hydroxylation is 1. The zero-order valence-corrected chi connectivity index (χ0v) is 23.5. The van der Waals surface area contributed by atoms with Gasteiger partial charge in [0, 0.05) is 41.0 Å². The number of pyridine rings is 1. The van der Waals surface area contributed by atoms with Crippen LogP contribution in [-0.4, -0.2) is 66.6 Å². The van der Waals surface area contributed by atoms with E-state index in [0.29, 0.717) is 21.9 Å². The first-order chi connectivity index (χ1) is 20.3. The zero-order chi connectivity index (χ0) is 30.4. The monoisotopic (exact) mass is 590 g/mol. The van der Waals surface area contributed by atoms with E-state index in [1.54, 1.807) is 32.4 Å². The third kappa shape index (κ3) is 8.64.